The molecule has 0 aromatic heterocycles. The van der Waals surface area contributed by atoms with E-state index in [-0.39, 0.29) is 24.9 Å². The Morgan fingerprint density at radius 2 is 2.00 bits per heavy atom. The number of amides is 2. The molecule has 0 aromatic rings. The summed E-state index contributed by atoms with van der Waals surface area (Å²) >= 11 is 0. The van der Waals surface area contributed by atoms with Gasteiger partial charge in [-0.2, -0.15) is 0 Å². The summed E-state index contributed by atoms with van der Waals surface area (Å²) in [7, 11) is 0. The number of carbonyl (C=O) groups is 2. The molecule has 0 saturated carbocycles. The van der Waals surface area contributed by atoms with Crippen molar-refractivity contribution in [2.24, 2.45) is 0 Å². The highest BCUT2D eigenvalue weighted by atomic mass is 19.1. The largest absolute Gasteiger partial charge is 0.352 e. The third kappa shape index (κ3) is 6.76. The SMILES string of the molecule is CC(=O)NCC(=O)NCCF. The second kappa shape index (κ2) is 5.64. The lowest BCUT2D eigenvalue weighted by Crippen LogP contribution is -2.36. The van der Waals surface area contributed by atoms with Gasteiger partial charge >= 0.3 is 0 Å². The maximum atomic E-state index is 11.5. The highest BCUT2D eigenvalue weighted by Gasteiger charge is 1.99. The smallest absolute Gasteiger partial charge is 0.239 e. The Labute approximate surface area is 64.2 Å². The first kappa shape index (κ1) is 9.87. The Hall–Kier alpha value is -1.13. The maximum Gasteiger partial charge on any atom is 0.239 e. The summed E-state index contributed by atoms with van der Waals surface area (Å²) in [4.78, 5) is 20.9. The third-order valence-electron chi connectivity index (χ3n) is 0.915. The van der Waals surface area contributed by atoms with E-state index in [0.717, 1.165) is 0 Å². The van der Waals surface area contributed by atoms with Crippen LogP contribution in [0.15, 0.2) is 0 Å². The molecule has 64 valence electrons. The minimum atomic E-state index is -0.591. The zero-order chi connectivity index (χ0) is 8.69. The summed E-state index contributed by atoms with van der Waals surface area (Å²) in [6.07, 6.45) is 0. The van der Waals surface area contributed by atoms with Gasteiger partial charge in [-0.05, 0) is 0 Å². The molecule has 0 heterocycles. The first-order valence-electron chi connectivity index (χ1n) is 3.24. The van der Waals surface area contributed by atoms with Gasteiger partial charge < -0.3 is 10.6 Å². The third-order valence-corrected chi connectivity index (χ3v) is 0.915. The van der Waals surface area contributed by atoms with Crippen molar-refractivity contribution in [1.29, 1.82) is 0 Å². The molecule has 4 nitrogen and oxygen atoms in total. The Morgan fingerprint density at radius 3 is 2.45 bits per heavy atom. The Bertz CT molecular complexity index is 150. The lowest BCUT2D eigenvalue weighted by Gasteiger charge is -2.01. The molecule has 0 bridgehead atoms. The quantitative estimate of drug-likeness (QED) is 0.569. The van der Waals surface area contributed by atoms with E-state index in [0.29, 0.717) is 0 Å². The summed E-state index contributed by atoms with van der Waals surface area (Å²) in [5.41, 5.74) is 0. The molecule has 0 unspecified atom stereocenters. The van der Waals surface area contributed by atoms with Gasteiger partial charge in [-0.15, -0.1) is 0 Å². The number of nitrogens with one attached hydrogen (secondary N) is 2. The Morgan fingerprint density at radius 1 is 1.36 bits per heavy atom. The predicted molar refractivity (Wildman–Crippen MR) is 37.7 cm³/mol. The van der Waals surface area contributed by atoms with E-state index >= 15 is 0 Å². The molecule has 5 heteroatoms. The topological polar surface area (TPSA) is 58.2 Å². The van der Waals surface area contributed by atoms with Gasteiger partial charge in [0, 0.05) is 13.5 Å². The highest BCUT2D eigenvalue weighted by Crippen LogP contribution is 1.67. The van der Waals surface area contributed by atoms with Gasteiger partial charge in [0.1, 0.15) is 6.67 Å². The van der Waals surface area contributed by atoms with Gasteiger partial charge in [-0.3, -0.25) is 9.59 Å². The highest BCUT2D eigenvalue weighted by molar-refractivity contribution is 5.83. The standard InChI is InChI=1S/C6H11FN2O2/c1-5(10)9-4-6(11)8-3-2-7/h2-4H2,1H3,(H,8,11)(H,9,10). The van der Waals surface area contributed by atoms with Crippen LogP contribution in [0.1, 0.15) is 6.92 Å². The lowest BCUT2D eigenvalue weighted by molar-refractivity contribution is -0.125. The van der Waals surface area contributed by atoms with E-state index in [4.69, 9.17) is 0 Å². The van der Waals surface area contributed by atoms with E-state index in [2.05, 4.69) is 10.6 Å². The van der Waals surface area contributed by atoms with Crippen molar-refractivity contribution in [3.8, 4) is 0 Å². The fourth-order valence-corrected chi connectivity index (χ4v) is 0.454. The molecule has 2 N–H and O–H groups in total. The number of hydrogen-bond donors (Lipinski definition) is 2. The van der Waals surface area contributed by atoms with Crippen LogP contribution in [0.25, 0.3) is 0 Å². The van der Waals surface area contributed by atoms with Crippen LogP contribution in [0.5, 0.6) is 0 Å². The number of alkyl halides is 1. The van der Waals surface area contributed by atoms with Crippen molar-refractivity contribution in [3.05, 3.63) is 0 Å². The van der Waals surface area contributed by atoms with Gasteiger partial charge in [-0.25, -0.2) is 4.39 Å². The van der Waals surface area contributed by atoms with Crippen LogP contribution in [0.3, 0.4) is 0 Å². The van der Waals surface area contributed by atoms with Gasteiger partial charge in [0.25, 0.3) is 0 Å². The van der Waals surface area contributed by atoms with Crippen LogP contribution in [-0.2, 0) is 9.59 Å². The molecule has 0 radical (unpaired) electrons. The fraction of sp³-hybridized carbons (Fsp3) is 0.667. The van der Waals surface area contributed by atoms with Crippen molar-refractivity contribution >= 4 is 11.8 Å². The fourth-order valence-electron chi connectivity index (χ4n) is 0.454. The molecule has 0 aliphatic heterocycles. The average Bonchev–Trinajstić information content (AvgIpc) is 1.97. The number of halogens is 1. The molecule has 0 rings (SSSR count). The van der Waals surface area contributed by atoms with E-state index in [1.165, 1.54) is 6.92 Å². The van der Waals surface area contributed by atoms with E-state index in [9.17, 15) is 14.0 Å². The maximum absolute atomic E-state index is 11.5. The normalized spacial score (nSPS) is 8.91. The van der Waals surface area contributed by atoms with Crippen LogP contribution >= 0.6 is 0 Å². The van der Waals surface area contributed by atoms with Crippen LogP contribution in [0.2, 0.25) is 0 Å². The Balaban J connectivity index is 3.30. The molecule has 0 atom stereocenters. The number of hydrogen-bond acceptors (Lipinski definition) is 2. The molecule has 0 aliphatic carbocycles. The molecular formula is C6H11FN2O2. The molecule has 0 aliphatic rings. The minimum absolute atomic E-state index is 0.00157. The summed E-state index contributed by atoms with van der Waals surface area (Å²) in [5.74, 6) is -0.654. The second-order valence-electron chi connectivity index (χ2n) is 1.95. The van der Waals surface area contributed by atoms with Crippen LogP contribution in [0.4, 0.5) is 4.39 Å². The first-order chi connectivity index (χ1) is 5.16. The second-order valence-corrected chi connectivity index (χ2v) is 1.95. The summed E-state index contributed by atoms with van der Waals surface area (Å²) in [5, 5.41) is 4.54. The average molecular weight is 162 g/mol. The van der Waals surface area contributed by atoms with Crippen molar-refractivity contribution < 1.29 is 14.0 Å². The predicted octanol–water partition coefficient (Wildman–Crippen LogP) is -0.792. The molecule has 0 spiro atoms. The first-order valence-corrected chi connectivity index (χ1v) is 3.24. The lowest BCUT2D eigenvalue weighted by atomic mass is 10.5. The minimum Gasteiger partial charge on any atom is -0.352 e. The van der Waals surface area contributed by atoms with Crippen LogP contribution in [-0.4, -0.2) is 31.6 Å². The van der Waals surface area contributed by atoms with Crippen molar-refractivity contribution in [3.63, 3.8) is 0 Å². The Kier molecular flexibility index (Phi) is 5.06. The van der Waals surface area contributed by atoms with Crippen molar-refractivity contribution in [2.45, 2.75) is 6.92 Å². The summed E-state index contributed by atoms with van der Waals surface area (Å²) < 4.78 is 11.5. The van der Waals surface area contributed by atoms with E-state index in [1.807, 2.05) is 0 Å². The van der Waals surface area contributed by atoms with Crippen molar-refractivity contribution in [2.75, 3.05) is 19.8 Å². The molecule has 0 aromatic carbocycles. The molecule has 11 heavy (non-hydrogen) atoms. The van der Waals surface area contributed by atoms with Gasteiger partial charge in [0.2, 0.25) is 11.8 Å². The van der Waals surface area contributed by atoms with Crippen LogP contribution in [0, 0.1) is 0 Å². The van der Waals surface area contributed by atoms with Gasteiger partial charge in [0.15, 0.2) is 0 Å². The van der Waals surface area contributed by atoms with Crippen molar-refractivity contribution in [1.82, 2.24) is 10.6 Å². The van der Waals surface area contributed by atoms with Gasteiger partial charge in [0.05, 0.1) is 6.54 Å². The summed E-state index contributed by atoms with van der Waals surface area (Å²) in [6.45, 7) is 0.627. The monoisotopic (exact) mass is 162 g/mol. The van der Waals surface area contributed by atoms with Gasteiger partial charge in [-0.1, -0.05) is 0 Å². The number of carbonyl (C=O) groups excluding carboxylic acids is 2. The number of rotatable bonds is 4. The van der Waals surface area contributed by atoms with E-state index in [1.54, 1.807) is 0 Å². The zero-order valence-electron chi connectivity index (χ0n) is 6.32. The molecule has 0 fully saturated rings. The molecule has 0 saturated heterocycles. The summed E-state index contributed by atoms with van der Waals surface area (Å²) in [6, 6.07) is 0. The molecule has 2 amide bonds. The zero-order valence-corrected chi connectivity index (χ0v) is 6.32. The van der Waals surface area contributed by atoms with Crippen LogP contribution < -0.4 is 10.6 Å². The molecular weight excluding hydrogens is 151 g/mol. The van der Waals surface area contributed by atoms with E-state index < -0.39 is 6.67 Å².